The largest absolute Gasteiger partial charge is 0.437 e. The van der Waals surface area contributed by atoms with E-state index in [4.69, 9.17) is 5.73 Å². The van der Waals surface area contributed by atoms with E-state index in [1.807, 2.05) is 4.98 Å². The van der Waals surface area contributed by atoms with Gasteiger partial charge in [0.1, 0.15) is 5.69 Å². The molecule has 0 aliphatic rings. The number of carbonyl (C=O) groups excluding carboxylic acids is 1. The maximum Gasteiger partial charge on any atom is 0.437 e. The van der Waals surface area contributed by atoms with Crippen LogP contribution in [0.3, 0.4) is 0 Å². The highest BCUT2D eigenvalue weighted by molar-refractivity contribution is 5.92. The lowest BCUT2D eigenvalue weighted by atomic mass is 10.3. The number of hydrogen-bond acceptors (Lipinski definition) is 1. The van der Waals surface area contributed by atoms with E-state index in [0.29, 0.717) is 0 Å². The number of nitrogens with two attached hydrogens (primary N) is 1. The lowest BCUT2D eigenvalue weighted by Crippen LogP contribution is -2.36. The molecule has 0 radical (unpaired) electrons. The van der Waals surface area contributed by atoms with Crippen LogP contribution in [0.1, 0.15) is 16.2 Å². The average Bonchev–Trinajstić information content (AvgIpc) is 2.44. The van der Waals surface area contributed by atoms with E-state index in [-0.39, 0.29) is 15.9 Å². The molecule has 0 aliphatic carbocycles. The molecular weight excluding hydrogens is 223 g/mol. The van der Waals surface area contributed by atoms with Crippen molar-refractivity contribution in [2.24, 2.45) is 5.73 Å². The molecule has 3 N–H and O–H groups in total. The zero-order valence-electron chi connectivity index (χ0n) is 9.14. The van der Waals surface area contributed by atoms with Gasteiger partial charge in [0.2, 0.25) is 0 Å². The van der Waals surface area contributed by atoms with Crippen molar-refractivity contribution in [3.05, 3.63) is 17.5 Å². The number of carbonyl (C=O) groups is 1. The Morgan fingerprint density at radius 2 is 1.88 bits per heavy atom. The van der Waals surface area contributed by atoms with Crippen LogP contribution in [0, 0.1) is 0 Å². The highest BCUT2D eigenvalue weighted by Gasteiger charge is 2.41. The minimum Gasteiger partial charge on any atom is -0.364 e. The first kappa shape index (κ1) is 12.6. The molecule has 1 aromatic heterocycles. The van der Waals surface area contributed by atoms with Crippen LogP contribution in [-0.2, 0) is 6.18 Å². The summed E-state index contributed by atoms with van der Waals surface area (Å²) in [6.07, 6.45) is -4.53. The van der Waals surface area contributed by atoms with Crippen molar-refractivity contribution < 1.29 is 18.0 Å². The van der Waals surface area contributed by atoms with Gasteiger partial charge in [-0.25, -0.2) is 0 Å². The molecule has 0 atom stereocenters. The van der Waals surface area contributed by atoms with Gasteiger partial charge < -0.3 is 10.7 Å². The summed E-state index contributed by atoms with van der Waals surface area (Å²) in [5.74, 6) is -0.912. The molecule has 0 spiro atoms. The minimum absolute atomic E-state index is 0.0266. The van der Waals surface area contributed by atoms with Crippen LogP contribution in [-0.4, -0.2) is 32.0 Å². The number of aromatic nitrogens is 1. The van der Waals surface area contributed by atoms with Crippen molar-refractivity contribution in [3.63, 3.8) is 0 Å². The summed E-state index contributed by atoms with van der Waals surface area (Å²) < 4.78 is 37.9. The van der Waals surface area contributed by atoms with Gasteiger partial charge in [-0.1, -0.05) is 0 Å². The van der Waals surface area contributed by atoms with Crippen molar-refractivity contribution in [2.75, 3.05) is 21.1 Å². The maximum absolute atomic E-state index is 12.7. The third-order valence-electron chi connectivity index (χ3n) is 2.07. The van der Waals surface area contributed by atoms with Crippen molar-refractivity contribution in [2.45, 2.75) is 6.18 Å². The molecular formula is C9H13F3N3O+. The Bertz CT molecular complexity index is 383. The highest BCUT2D eigenvalue weighted by atomic mass is 19.4. The summed E-state index contributed by atoms with van der Waals surface area (Å²) in [6, 6.07) is 1.13. The second kappa shape index (κ2) is 3.51. The molecule has 16 heavy (non-hydrogen) atoms. The Morgan fingerprint density at radius 3 is 2.12 bits per heavy atom. The van der Waals surface area contributed by atoms with E-state index in [9.17, 15) is 18.0 Å². The first-order valence-electron chi connectivity index (χ1n) is 4.45. The molecule has 1 aromatic rings. The Morgan fingerprint density at radius 1 is 1.38 bits per heavy atom. The normalized spacial score (nSPS) is 12.9. The van der Waals surface area contributed by atoms with Gasteiger partial charge >= 0.3 is 6.18 Å². The van der Waals surface area contributed by atoms with Crippen molar-refractivity contribution in [3.8, 4) is 0 Å². The number of rotatable bonds is 2. The molecule has 1 rings (SSSR count). The molecule has 1 heterocycles. The number of halogens is 3. The van der Waals surface area contributed by atoms with Crippen LogP contribution in [0.2, 0.25) is 0 Å². The number of H-pyrrole nitrogens is 1. The van der Waals surface area contributed by atoms with Crippen LogP contribution < -0.4 is 10.2 Å². The monoisotopic (exact) mass is 236 g/mol. The molecule has 0 fully saturated rings. The fourth-order valence-corrected chi connectivity index (χ4v) is 1.32. The van der Waals surface area contributed by atoms with Crippen molar-refractivity contribution >= 4 is 11.6 Å². The summed E-state index contributed by atoms with van der Waals surface area (Å²) >= 11 is 0. The SMILES string of the molecule is C[N+](C)(C)c1cc(C(N)=O)[nH]c1C(F)(F)F. The third kappa shape index (κ3) is 2.35. The Labute approximate surface area is 90.4 Å². The molecule has 7 heteroatoms. The lowest BCUT2D eigenvalue weighted by molar-refractivity contribution is -0.141. The Hall–Kier alpha value is -1.50. The quantitative estimate of drug-likeness (QED) is 0.748. The minimum atomic E-state index is -4.53. The molecule has 0 aliphatic heterocycles. The van der Waals surface area contributed by atoms with Gasteiger partial charge in [0, 0.05) is 6.07 Å². The number of quaternary nitrogens is 1. The summed E-state index contributed by atoms with van der Waals surface area (Å²) in [6.45, 7) is 0. The number of alkyl halides is 3. The average molecular weight is 236 g/mol. The molecule has 0 aromatic carbocycles. The topological polar surface area (TPSA) is 58.9 Å². The van der Waals surface area contributed by atoms with Gasteiger partial charge in [-0.3, -0.25) is 9.28 Å². The van der Waals surface area contributed by atoms with Gasteiger partial charge in [-0.05, 0) is 0 Å². The lowest BCUT2D eigenvalue weighted by Gasteiger charge is -2.23. The van der Waals surface area contributed by atoms with Gasteiger partial charge in [-0.2, -0.15) is 13.2 Å². The van der Waals surface area contributed by atoms with E-state index >= 15 is 0 Å². The number of nitrogens with one attached hydrogen (secondary N) is 1. The molecule has 4 nitrogen and oxygen atoms in total. The van der Waals surface area contributed by atoms with Crippen LogP contribution in [0.4, 0.5) is 18.9 Å². The Balaban J connectivity index is 3.41. The standard InChI is InChI=1S/C9H12F3N3O/c1-15(2,3)6-4-5(8(13)16)14-7(6)9(10,11)12/h4H,1-3H3,(H2-,13,14,16)/p+1. The first-order chi connectivity index (χ1) is 7.03. The number of primary amides is 1. The van der Waals surface area contributed by atoms with Gasteiger partial charge in [0.25, 0.3) is 5.91 Å². The van der Waals surface area contributed by atoms with Crippen molar-refractivity contribution in [1.29, 1.82) is 0 Å². The second-order valence-corrected chi connectivity index (χ2v) is 4.32. The van der Waals surface area contributed by atoms with Crippen LogP contribution in [0.5, 0.6) is 0 Å². The van der Waals surface area contributed by atoms with Gasteiger partial charge in [0.05, 0.1) is 21.1 Å². The number of nitrogens with zero attached hydrogens (tertiary/aromatic N) is 1. The summed E-state index contributed by atoms with van der Waals surface area (Å²) in [7, 11) is 4.72. The summed E-state index contributed by atoms with van der Waals surface area (Å²) in [5, 5.41) is 0. The molecule has 0 saturated carbocycles. The smallest absolute Gasteiger partial charge is 0.364 e. The molecule has 0 saturated heterocycles. The fourth-order valence-electron chi connectivity index (χ4n) is 1.32. The van der Waals surface area contributed by atoms with E-state index in [0.717, 1.165) is 6.07 Å². The van der Waals surface area contributed by atoms with Gasteiger partial charge in [-0.15, -0.1) is 0 Å². The third-order valence-corrected chi connectivity index (χ3v) is 2.07. The number of amides is 1. The van der Waals surface area contributed by atoms with E-state index in [1.54, 1.807) is 21.1 Å². The maximum atomic E-state index is 12.7. The van der Waals surface area contributed by atoms with Crippen LogP contribution in [0.15, 0.2) is 6.07 Å². The number of aromatic amines is 1. The van der Waals surface area contributed by atoms with E-state index in [2.05, 4.69) is 0 Å². The van der Waals surface area contributed by atoms with Crippen LogP contribution >= 0.6 is 0 Å². The molecule has 1 amide bonds. The fraction of sp³-hybridized carbons (Fsp3) is 0.444. The predicted octanol–water partition coefficient (Wildman–Crippen LogP) is 1.33. The van der Waals surface area contributed by atoms with Crippen molar-refractivity contribution in [1.82, 2.24) is 9.47 Å². The summed E-state index contributed by atoms with van der Waals surface area (Å²) in [5.41, 5.74) is 3.73. The summed E-state index contributed by atoms with van der Waals surface area (Å²) in [4.78, 5) is 12.8. The molecule has 90 valence electrons. The van der Waals surface area contributed by atoms with Crippen LogP contribution in [0.25, 0.3) is 0 Å². The second-order valence-electron chi connectivity index (χ2n) is 4.32. The zero-order chi connectivity index (χ0) is 12.7. The van der Waals surface area contributed by atoms with Gasteiger partial charge in [0.15, 0.2) is 11.4 Å². The zero-order valence-corrected chi connectivity index (χ0v) is 9.14. The van der Waals surface area contributed by atoms with E-state index in [1.165, 1.54) is 0 Å². The molecule has 0 unspecified atom stereocenters. The predicted molar refractivity (Wildman–Crippen MR) is 53.9 cm³/mol. The van der Waals surface area contributed by atoms with E-state index < -0.39 is 17.8 Å². The Kier molecular flexibility index (Phi) is 2.76. The molecule has 0 bridgehead atoms. The first-order valence-corrected chi connectivity index (χ1v) is 4.45. The number of hydrogen-bond donors (Lipinski definition) is 2. The highest BCUT2D eigenvalue weighted by Crippen LogP contribution is 2.37.